The number of hydrogen-bond acceptors (Lipinski definition) is 7. The molecule has 194 valence electrons. The minimum absolute atomic E-state index is 0.0988. The lowest BCUT2D eigenvalue weighted by atomic mass is 10.1. The fraction of sp³-hybridized carbons (Fsp3) is 0.207. The van der Waals surface area contributed by atoms with Crippen molar-refractivity contribution in [3.8, 4) is 11.5 Å². The summed E-state index contributed by atoms with van der Waals surface area (Å²) in [4.78, 5) is 25.5. The summed E-state index contributed by atoms with van der Waals surface area (Å²) < 4.78 is 25.0. The molecule has 1 aliphatic heterocycles. The Hall–Kier alpha value is -4.50. The molecule has 0 saturated heterocycles. The van der Waals surface area contributed by atoms with E-state index in [0.29, 0.717) is 60.2 Å². The number of likely N-dealkylation sites (N-methyl/N-ethyl adjacent to an activating group) is 1. The number of aromatic nitrogens is 2. The monoisotopic (exact) mass is 513 g/mol. The molecule has 5 rings (SSSR count). The van der Waals surface area contributed by atoms with Crippen LogP contribution in [0, 0.1) is 5.82 Å². The van der Waals surface area contributed by atoms with Gasteiger partial charge in [0.25, 0.3) is 5.91 Å². The molecule has 0 aliphatic carbocycles. The predicted octanol–water partition coefficient (Wildman–Crippen LogP) is 4.93. The molecule has 0 atom stereocenters. The molecule has 1 aromatic heterocycles. The van der Waals surface area contributed by atoms with E-state index >= 15 is 0 Å². The molecular formula is C29H28FN5O3. The predicted molar refractivity (Wildman–Crippen MR) is 146 cm³/mol. The number of benzene rings is 3. The second-order valence-electron chi connectivity index (χ2n) is 9.10. The number of halogens is 1. The Morgan fingerprint density at radius 2 is 1.89 bits per heavy atom. The van der Waals surface area contributed by atoms with Crippen molar-refractivity contribution < 1.29 is 18.7 Å². The van der Waals surface area contributed by atoms with E-state index in [1.54, 1.807) is 23.1 Å². The fourth-order valence-electron chi connectivity index (χ4n) is 4.13. The zero-order valence-corrected chi connectivity index (χ0v) is 21.2. The minimum atomic E-state index is -0.274. The Morgan fingerprint density at radius 1 is 1.11 bits per heavy atom. The molecule has 2 heterocycles. The van der Waals surface area contributed by atoms with Gasteiger partial charge in [-0.15, -0.1) is 0 Å². The van der Waals surface area contributed by atoms with Crippen molar-refractivity contribution in [3.05, 3.63) is 90.5 Å². The molecule has 4 aromatic rings. The van der Waals surface area contributed by atoms with Gasteiger partial charge in [-0.3, -0.25) is 4.79 Å². The lowest BCUT2D eigenvalue weighted by Crippen LogP contribution is -2.37. The highest BCUT2D eigenvalue weighted by Gasteiger charge is 2.26. The van der Waals surface area contributed by atoms with Gasteiger partial charge < -0.3 is 24.6 Å². The van der Waals surface area contributed by atoms with Crippen molar-refractivity contribution in [2.24, 2.45) is 0 Å². The molecule has 0 spiro atoms. The van der Waals surface area contributed by atoms with E-state index in [9.17, 15) is 9.18 Å². The normalized spacial score (nSPS) is 13.0. The van der Waals surface area contributed by atoms with Crippen molar-refractivity contribution in [2.75, 3.05) is 44.0 Å². The number of nitrogens with one attached hydrogen (secondary N) is 1. The summed E-state index contributed by atoms with van der Waals surface area (Å²) in [5.41, 5.74) is 3.07. The number of anilines is 3. The second-order valence-corrected chi connectivity index (χ2v) is 9.10. The van der Waals surface area contributed by atoms with Crippen LogP contribution in [0.15, 0.2) is 79.1 Å². The van der Waals surface area contributed by atoms with Gasteiger partial charge in [0.1, 0.15) is 36.9 Å². The molecule has 0 fully saturated rings. The average Bonchev–Trinajstić information content (AvgIpc) is 2.93. The summed E-state index contributed by atoms with van der Waals surface area (Å²) in [6.45, 7) is 1.85. The summed E-state index contributed by atoms with van der Waals surface area (Å²) in [6.07, 6.45) is 4.94. The Kier molecular flexibility index (Phi) is 7.46. The zero-order valence-electron chi connectivity index (χ0n) is 21.2. The van der Waals surface area contributed by atoms with Gasteiger partial charge in [0.2, 0.25) is 0 Å². The molecule has 1 N–H and O–H groups in total. The number of fused-ring (bicyclic) bond motifs is 3. The molecule has 1 amide bonds. The smallest absolute Gasteiger partial charge is 0.250 e. The Balaban J connectivity index is 1.36. The molecule has 1 aliphatic rings. The van der Waals surface area contributed by atoms with Gasteiger partial charge in [0.05, 0.1) is 23.1 Å². The largest absolute Gasteiger partial charge is 0.489 e. The van der Waals surface area contributed by atoms with Gasteiger partial charge in [-0.2, -0.15) is 0 Å². The molecule has 8 nitrogen and oxygen atoms in total. The summed E-state index contributed by atoms with van der Waals surface area (Å²) in [5, 5.41) is 4.05. The first-order chi connectivity index (χ1) is 18.5. The van der Waals surface area contributed by atoms with Gasteiger partial charge in [0.15, 0.2) is 5.75 Å². The van der Waals surface area contributed by atoms with E-state index in [0.717, 1.165) is 11.3 Å². The molecule has 0 unspecified atom stereocenters. The summed E-state index contributed by atoms with van der Waals surface area (Å²) in [5.74, 6) is 1.46. The fourth-order valence-corrected chi connectivity index (χ4v) is 4.13. The Labute approximate surface area is 220 Å². The van der Waals surface area contributed by atoms with Crippen LogP contribution < -0.4 is 19.7 Å². The standard InChI is InChI=1S/C29H28FN5O3/c1-34(2)15-3-4-26(36)35-16-17-37-28-25(35)14-13-24-27(28)29(32-19-31-24)33-22-9-11-23(12-10-22)38-18-20-5-7-21(30)8-6-20/h3-14,19H,15-18H2,1-2H3,(H,31,32,33)/b4-3+. The summed E-state index contributed by atoms with van der Waals surface area (Å²) in [7, 11) is 3.90. The summed E-state index contributed by atoms with van der Waals surface area (Å²) >= 11 is 0. The number of hydrogen-bond donors (Lipinski definition) is 1. The Bertz CT molecular complexity index is 1460. The van der Waals surface area contributed by atoms with E-state index in [1.807, 2.05) is 61.5 Å². The van der Waals surface area contributed by atoms with Crippen LogP contribution in [0.2, 0.25) is 0 Å². The molecule has 0 radical (unpaired) electrons. The van der Waals surface area contributed by atoms with Gasteiger partial charge in [-0.05, 0) is 68.2 Å². The van der Waals surface area contributed by atoms with Crippen LogP contribution in [-0.4, -0.2) is 54.6 Å². The van der Waals surface area contributed by atoms with E-state index in [-0.39, 0.29) is 11.7 Å². The first-order valence-electron chi connectivity index (χ1n) is 12.3. The molecular weight excluding hydrogens is 485 g/mol. The zero-order chi connectivity index (χ0) is 26.5. The van der Waals surface area contributed by atoms with E-state index in [1.165, 1.54) is 18.5 Å². The number of carbonyl (C=O) groups excluding carboxylic acids is 1. The van der Waals surface area contributed by atoms with Crippen molar-refractivity contribution in [1.82, 2.24) is 14.9 Å². The van der Waals surface area contributed by atoms with E-state index < -0.39 is 0 Å². The number of ether oxygens (including phenoxy) is 2. The minimum Gasteiger partial charge on any atom is -0.489 e. The van der Waals surface area contributed by atoms with Gasteiger partial charge >= 0.3 is 0 Å². The molecule has 3 aromatic carbocycles. The van der Waals surface area contributed by atoms with Crippen LogP contribution in [0.1, 0.15) is 5.56 Å². The lowest BCUT2D eigenvalue weighted by molar-refractivity contribution is -0.114. The third-order valence-corrected chi connectivity index (χ3v) is 6.02. The van der Waals surface area contributed by atoms with E-state index in [2.05, 4.69) is 15.3 Å². The maximum absolute atomic E-state index is 13.1. The number of carbonyl (C=O) groups is 1. The van der Waals surface area contributed by atoms with E-state index in [4.69, 9.17) is 9.47 Å². The van der Waals surface area contributed by atoms with Crippen molar-refractivity contribution in [3.63, 3.8) is 0 Å². The quantitative estimate of drug-likeness (QED) is 0.335. The van der Waals surface area contributed by atoms with Crippen LogP contribution in [-0.2, 0) is 11.4 Å². The summed E-state index contributed by atoms with van der Waals surface area (Å²) in [6, 6.07) is 17.4. The van der Waals surface area contributed by atoms with Gasteiger partial charge in [-0.1, -0.05) is 18.2 Å². The SMILES string of the molecule is CN(C)C/C=C/C(=O)N1CCOc2c1ccc1ncnc(Nc3ccc(OCc4ccc(F)cc4)cc3)c21. The van der Waals surface area contributed by atoms with Gasteiger partial charge in [-0.25, -0.2) is 14.4 Å². The second kappa shape index (κ2) is 11.3. The number of nitrogens with zero attached hydrogens (tertiary/aromatic N) is 4. The first kappa shape index (κ1) is 25.2. The van der Waals surface area contributed by atoms with Crippen LogP contribution in [0.4, 0.5) is 21.6 Å². The number of amides is 1. The molecule has 38 heavy (non-hydrogen) atoms. The lowest BCUT2D eigenvalue weighted by Gasteiger charge is -2.30. The van der Waals surface area contributed by atoms with Crippen molar-refractivity contribution in [1.29, 1.82) is 0 Å². The van der Waals surface area contributed by atoms with Crippen LogP contribution in [0.5, 0.6) is 11.5 Å². The van der Waals surface area contributed by atoms with Crippen molar-refractivity contribution in [2.45, 2.75) is 6.61 Å². The highest BCUT2D eigenvalue weighted by Crippen LogP contribution is 2.41. The average molecular weight is 514 g/mol. The maximum Gasteiger partial charge on any atom is 0.250 e. The molecule has 0 bridgehead atoms. The highest BCUT2D eigenvalue weighted by molar-refractivity contribution is 6.07. The Morgan fingerprint density at radius 3 is 2.66 bits per heavy atom. The molecule has 0 saturated carbocycles. The van der Waals surface area contributed by atoms with Crippen molar-refractivity contribution >= 4 is 34.0 Å². The third kappa shape index (κ3) is 5.73. The maximum atomic E-state index is 13.1. The highest BCUT2D eigenvalue weighted by atomic mass is 19.1. The topological polar surface area (TPSA) is 79.8 Å². The van der Waals surface area contributed by atoms with Crippen LogP contribution in [0.3, 0.4) is 0 Å². The van der Waals surface area contributed by atoms with Gasteiger partial charge in [0, 0.05) is 18.3 Å². The first-order valence-corrected chi connectivity index (χ1v) is 12.3. The third-order valence-electron chi connectivity index (χ3n) is 6.02. The number of rotatable bonds is 8. The van der Waals surface area contributed by atoms with Crippen LogP contribution >= 0.6 is 0 Å². The van der Waals surface area contributed by atoms with Crippen LogP contribution in [0.25, 0.3) is 10.9 Å². The molecule has 9 heteroatoms.